The summed E-state index contributed by atoms with van der Waals surface area (Å²) in [6.07, 6.45) is 0.808. The third-order valence-electron chi connectivity index (χ3n) is 4.15. The molecule has 1 N–H and O–H groups in total. The molecule has 2 aromatic rings. The van der Waals surface area contributed by atoms with Crippen molar-refractivity contribution in [1.29, 1.82) is 0 Å². The number of benzene rings is 2. The number of carbonyl (C=O) groups is 1. The summed E-state index contributed by atoms with van der Waals surface area (Å²) in [5.74, 6) is 0.918. The van der Waals surface area contributed by atoms with E-state index in [0.717, 1.165) is 17.7 Å². The van der Waals surface area contributed by atoms with E-state index in [1.165, 1.54) is 25.3 Å². The van der Waals surface area contributed by atoms with Crippen LogP contribution in [-0.2, 0) is 6.42 Å². The Morgan fingerprint density at radius 3 is 2.92 bits per heavy atom. The normalized spacial score (nSPS) is 15.6. The van der Waals surface area contributed by atoms with E-state index in [9.17, 15) is 14.9 Å². The van der Waals surface area contributed by atoms with Gasteiger partial charge in [-0.15, -0.1) is 0 Å². The van der Waals surface area contributed by atoms with Crippen LogP contribution in [0.5, 0.6) is 11.5 Å². The molecule has 1 amide bonds. The van der Waals surface area contributed by atoms with E-state index in [1.807, 2.05) is 24.3 Å². The van der Waals surface area contributed by atoms with E-state index < -0.39 is 10.8 Å². The number of nitrogens with zero attached hydrogens (tertiary/aromatic N) is 1. The Hall–Kier alpha value is -3.09. The lowest BCUT2D eigenvalue weighted by Gasteiger charge is -2.25. The van der Waals surface area contributed by atoms with Crippen molar-refractivity contribution in [2.24, 2.45) is 5.92 Å². The van der Waals surface area contributed by atoms with Crippen molar-refractivity contribution in [3.8, 4) is 11.5 Å². The fourth-order valence-corrected chi connectivity index (χ4v) is 2.84. The summed E-state index contributed by atoms with van der Waals surface area (Å²) in [6, 6.07) is 11.8. The highest BCUT2D eigenvalue weighted by molar-refractivity contribution is 5.97. The molecule has 2 aromatic carbocycles. The summed E-state index contributed by atoms with van der Waals surface area (Å²) in [5.41, 5.74) is 1.11. The van der Waals surface area contributed by atoms with Crippen molar-refractivity contribution in [1.82, 2.24) is 5.32 Å². The van der Waals surface area contributed by atoms with Gasteiger partial charge in [0.25, 0.3) is 11.6 Å². The Morgan fingerprint density at radius 2 is 2.16 bits per heavy atom. The molecule has 1 unspecified atom stereocenters. The average molecular weight is 342 g/mol. The summed E-state index contributed by atoms with van der Waals surface area (Å²) in [7, 11) is 1.42. The van der Waals surface area contributed by atoms with Gasteiger partial charge in [0, 0.05) is 24.6 Å². The number of nitro benzene ring substituents is 1. The van der Waals surface area contributed by atoms with Crippen LogP contribution in [-0.4, -0.2) is 31.1 Å². The number of methoxy groups -OCH3 is 1. The quantitative estimate of drug-likeness (QED) is 0.666. The zero-order valence-corrected chi connectivity index (χ0v) is 13.7. The lowest BCUT2D eigenvalue weighted by molar-refractivity contribution is -0.384. The van der Waals surface area contributed by atoms with Crippen LogP contribution >= 0.6 is 0 Å². The van der Waals surface area contributed by atoms with Gasteiger partial charge in [0.05, 0.1) is 24.2 Å². The number of nitrogens with one attached hydrogen (secondary N) is 1. The second kappa shape index (κ2) is 7.21. The molecule has 7 heteroatoms. The number of rotatable bonds is 5. The van der Waals surface area contributed by atoms with Gasteiger partial charge in [0.1, 0.15) is 11.5 Å². The fourth-order valence-electron chi connectivity index (χ4n) is 2.84. The number of hydrogen-bond acceptors (Lipinski definition) is 5. The first-order valence-corrected chi connectivity index (χ1v) is 7.90. The van der Waals surface area contributed by atoms with E-state index in [0.29, 0.717) is 18.9 Å². The van der Waals surface area contributed by atoms with Gasteiger partial charge >= 0.3 is 0 Å². The summed E-state index contributed by atoms with van der Waals surface area (Å²) < 4.78 is 10.8. The number of para-hydroxylation sites is 1. The van der Waals surface area contributed by atoms with Crippen molar-refractivity contribution in [3.05, 3.63) is 63.7 Å². The van der Waals surface area contributed by atoms with Gasteiger partial charge < -0.3 is 14.8 Å². The van der Waals surface area contributed by atoms with Crippen LogP contribution in [0.4, 0.5) is 5.69 Å². The van der Waals surface area contributed by atoms with Crippen molar-refractivity contribution < 1.29 is 19.2 Å². The highest BCUT2D eigenvalue weighted by Gasteiger charge is 2.22. The highest BCUT2D eigenvalue weighted by Crippen LogP contribution is 2.27. The fraction of sp³-hybridized carbons (Fsp3) is 0.278. The van der Waals surface area contributed by atoms with E-state index in [-0.39, 0.29) is 17.2 Å². The SMILES string of the molecule is COc1ccc([N+](=O)[O-])cc1C(=O)NCC1COc2ccccc2C1. The maximum atomic E-state index is 12.4. The number of ether oxygens (including phenoxy) is 2. The van der Waals surface area contributed by atoms with Gasteiger partial charge in [0.2, 0.25) is 0 Å². The predicted molar refractivity (Wildman–Crippen MR) is 91.1 cm³/mol. The Morgan fingerprint density at radius 1 is 1.36 bits per heavy atom. The first kappa shape index (κ1) is 16.8. The monoisotopic (exact) mass is 342 g/mol. The van der Waals surface area contributed by atoms with Crippen molar-refractivity contribution in [2.75, 3.05) is 20.3 Å². The second-order valence-corrected chi connectivity index (χ2v) is 5.84. The molecule has 0 saturated carbocycles. The van der Waals surface area contributed by atoms with Gasteiger partial charge in [-0.05, 0) is 24.1 Å². The van der Waals surface area contributed by atoms with Gasteiger partial charge in [-0.2, -0.15) is 0 Å². The molecule has 1 heterocycles. The molecule has 1 aliphatic heterocycles. The maximum absolute atomic E-state index is 12.4. The molecule has 0 fully saturated rings. The second-order valence-electron chi connectivity index (χ2n) is 5.84. The first-order chi connectivity index (χ1) is 12.1. The average Bonchev–Trinajstić information content (AvgIpc) is 2.65. The van der Waals surface area contributed by atoms with Crippen LogP contribution in [0.3, 0.4) is 0 Å². The molecule has 7 nitrogen and oxygen atoms in total. The van der Waals surface area contributed by atoms with Gasteiger partial charge in [-0.1, -0.05) is 18.2 Å². The molecule has 130 valence electrons. The molecule has 3 rings (SSSR count). The van der Waals surface area contributed by atoms with E-state index in [1.54, 1.807) is 0 Å². The van der Waals surface area contributed by atoms with Crippen LogP contribution in [0.25, 0.3) is 0 Å². The Kier molecular flexibility index (Phi) is 4.83. The summed E-state index contributed by atoms with van der Waals surface area (Å²) in [4.78, 5) is 22.8. The summed E-state index contributed by atoms with van der Waals surface area (Å²) >= 11 is 0. The van der Waals surface area contributed by atoms with Crippen LogP contribution in [0, 0.1) is 16.0 Å². The topological polar surface area (TPSA) is 90.7 Å². The minimum atomic E-state index is -0.540. The third kappa shape index (κ3) is 3.71. The lowest BCUT2D eigenvalue weighted by atomic mass is 9.96. The van der Waals surface area contributed by atoms with Crippen LogP contribution < -0.4 is 14.8 Å². The Balaban J connectivity index is 1.67. The highest BCUT2D eigenvalue weighted by atomic mass is 16.6. The smallest absolute Gasteiger partial charge is 0.270 e. The molecule has 25 heavy (non-hydrogen) atoms. The maximum Gasteiger partial charge on any atom is 0.270 e. The van der Waals surface area contributed by atoms with Crippen LogP contribution in [0.15, 0.2) is 42.5 Å². The number of fused-ring (bicyclic) bond motifs is 1. The molecule has 0 bridgehead atoms. The molecule has 0 spiro atoms. The molecule has 0 radical (unpaired) electrons. The number of nitro groups is 1. The molecule has 0 aromatic heterocycles. The third-order valence-corrected chi connectivity index (χ3v) is 4.15. The van der Waals surface area contributed by atoms with E-state index in [2.05, 4.69) is 5.32 Å². The number of non-ortho nitro benzene ring substituents is 1. The first-order valence-electron chi connectivity index (χ1n) is 7.90. The van der Waals surface area contributed by atoms with Crippen molar-refractivity contribution in [3.63, 3.8) is 0 Å². The molecular weight excluding hydrogens is 324 g/mol. The molecule has 1 atom stereocenters. The van der Waals surface area contributed by atoms with Gasteiger partial charge in [-0.25, -0.2) is 0 Å². The van der Waals surface area contributed by atoms with Crippen molar-refractivity contribution >= 4 is 11.6 Å². The molecule has 1 aliphatic rings. The lowest BCUT2D eigenvalue weighted by Crippen LogP contribution is -2.35. The summed E-state index contributed by atoms with van der Waals surface area (Å²) in [5, 5.41) is 13.7. The predicted octanol–water partition coefficient (Wildman–Crippen LogP) is 2.58. The van der Waals surface area contributed by atoms with Crippen LogP contribution in [0.2, 0.25) is 0 Å². The minimum absolute atomic E-state index is 0.142. The number of amides is 1. The van der Waals surface area contributed by atoms with Gasteiger partial charge in [-0.3, -0.25) is 14.9 Å². The van der Waals surface area contributed by atoms with Gasteiger partial charge in [0.15, 0.2) is 0 Å². The molecular formula is C18H18N2O5. The van der Waals surface area contributed by atoms with E-state index in [4.69, 9.17) is 9.47 Å². The largest absolute Gasteiger partial charge is 0.496 e. The number of hydrogen-bond donors (Lipinski definition) is 1. The van der Waals surface area contributed by atoms with Crippen LogP contribution in [0.1, 0.15) is 15.9 Å². The summed E-state index contributed by atoms with van der Waals surface area (Å²) in [6.45, 7) is 0.933. The Labute approximate surface area is 144 Å². The minimum Gasteiger partial charge on any atom is -0.496 e. The zero-order valence-electron chi connectivity index (χ0n) is 13.7. The van der Waals surface area contributed by atoms with E-state index >= 15 is 0 Å². The standard InChI is InChI=1S/C18H18N2O5/c1-24-17-7-6-14(20(22)23)9-15(17)18(21)19-10-12-8-13-4-2-3-5-16(13)25-11-12/h2-7,9,12H,8,10-11H2,1H3,(H,19,21). The molecule has 0 saturated heterocycles. The zero-order chi connectivity index (χ0) is 17.8. The number of carbonyl (C=O) groups excluding carboxylic acids is 1. The Bertz CT molecular complexity index is 806. The van der Waals surface area contributed by atoms with Crippen molar-refractivity contribution in [2.45, 2.75) is 6.42 Å². The molecule has 0 aliphatic carbocycles.